The predicted octanol–water partition coefficient (Wildman–Crippen LogP) is 3.56. The van der Waals surface area contributed by atoms with Crippen molar-refractivity contribution in [3.63, 3.8) is 0 Å². The summed E-state index contributed by atoms with van der Waals surface area (Å²) in [6.07, 6.45) is 0. The number of rotatable bonds is 4. The molecule has 0 radical (unpaired) electrons. The van der Waals surface area contributed by atoms with Gasteiger partial charge in [0.15, 0.2) is 0 Å². The van der Waals surface area contributed by atoms with Crippen molar-refractivity contribution in [3.05, 3.63) is 26.6 Å². The van der Waals surface area contributed by atoms with Crippen LogP contribution in [0, 0.1) is 0 Å². The Morgan fingerprint density at radius 2 is 1.56 bits per heavy atom. The van der Waals surface area contributed by atoms with E-state index in [1.165, 1.54) is 0 Å². The maximum atomic E-state index is 10.1. The highest BCUT2D eigenvalue weighted by molar-refractivity contribution is 9.11. The van der Waals surface area contributed by atoms with E-state index in [0.717, 1.165) is 5.56 Å². The molecule has 0 aliphatic rings. The molecule has 102 valence electrons. The Kier molecular flexibility index (Phi) is 4.87. The van der Waals surface area contributed by atoms with Gasteiger partial charge in [0, 0.05) is 12.1 Å². The zero-order valence-electron chi connectivity index (χ0n) is 11.0. The van der Waals surface area contributed by atoms with E-state index < -0.39 is 11.1 Å². The van der Waals surface area contributed by atoms with E-state index >= 15 is 0 Å². The first kappa shape index (κ1) is 16.0. The first-order chi connectivity index (χ1) is 8.04. The first-order valence-electron chi connectivity index (χ1n) is 5.69. The highest BCUT2D eigenvalue weighted by atomic mass is 79.9. The number of hydrogen-bond acceptors (Lipinski definition) is 3. The van der Waals surface area contributed by atoms with E-state index in [0.29, 0.717) is 15.5 Å². The summed E-state index contributed by atoms with van der Waals surface area (Å²) in [5.74, 6) is 0.195. The molecule has 1 rings (SSSR count). The Labute approximate surface area is 125 Å². The van der Waals surface area contributed by atoms with E-state index in [1.54, 1.807) is 13.8 Å². The van der Waals surface area contributed by atoms with Crippen LogP contribution >= 0.6 is 31.9 Å². The van der Waals surface area contributed by atoms with Crippen LogP contribution < -0.4 is 5.32 Å². The van der Waals surface area contributed by atoms with Crippen LogP contribution in [-0.4, -0.2) is 21.4 Å². The third-order valence-corrected chi connectivity index (χ3v) is 4.55. The van der Waals surface area contributed by atoms with Crippen molar-refractivity contribution in [1.82, 2.24) is 5.32 Å². The van der Waals surface area contributed by atoms with Gasteiger partial charge in [0.1, 0.15) is 5.75 Å². The Bertz CT molecular complexity index is 416. The number of aromatic hydroxyl groups is 1. The largest absolute Gasteiger partial charge is 0.506 e. The van der Waals surface area contributed by atoms with Crippen LogP contribution in [-0.2, 0) is 6.54 Å². The van der Waals surface area contributed by atoms with Crippen LogP contribution in [0.15, 0.2) is 21.1 Å². The molecular formula is C13H19Br2NO2. The van der Waals surface area contributed by atoms with Gasteiger partial charge in [0.2, 0.25) is 0 Å². The van der Waals surface area contributed by atoms with Crippen LogP contribution in [0.1, 0.15) is 33.3 Å². The van der Waals surface area contributed by atoms with Gasteiger partial charge in [-0.05, 0) is 77.3 Å². The lowest BCUT2D eigenvalue weighted by atomic mass is 9.86. The highest BCUT2D eigenvalue weighted by Crippen LogP contribution is 2.33. The van der Waals surface area contributed by atoms with Gasteiger partial charge < -0.3 is 15.5 Å². The molecule has 0 spiro atoms. The molecule has 0 atom stereocenters. The normalized spacial score (nSPS) is 12.8. The zero-order chi connectivity index (χ0) is 14.1. The Hall–Kier alpha value is -0.100. The second-order valence-corrected chi connectivity index (χ2v) is 7.15. The highest BCUT2D eigenvalue weighted by Gasteiger charge is 2.34. The summed E-state index contributed by atoms with van der Waals surface area (Å²) in [4.78, 5) is 0. The predicted molar refractivity (Wildman–Crippen MR) is 80.7 cm³/mol. The molecule has 0 bridgehead atoms. The third kappa shape index (κ3) is 3.70. The number of benzene rings is 1. The summed E-state index contributed by atoms with van der Waals surface area (Å²) in [6.45, 7) is 8.08. The van der Waals surface area contributed by atoms with Gasteiger partial charge in [0.05, 0.1) is 14.5 Å². The molecule has 0 aromatic heterocycles. The minimum absolute atomic E-state index is 0.195. The van der Waals surface area contributed by atoms with Crippen LogP contribution in [0.25, 0.3) is 0 Å². The molecule has 5 heteroatoms. The number of aliphatic hydroxyl groups is 1. The smallest absolute Gasteiger partial charge is 0.143 e. The van der Waals surface area contributed by atoms with Gasteiger partial charge in [-0.25, -0.2) is 0 Å². The number of halogens is 2. The van der Waals surface area contributed by atoms with Crippen LogP contribution in [0.5, 0.6) is 5.75 Å². The maximum absolute atomic E-state index is 10.1. The van der Waals surface area contributed by atoms with Crippen LogP contribution in [0.4, 0.5) is 0 Å². The molecule has 0 amide bonds. The summed E-state index contributed by atoms with van der Waals surface area (Å²) >= 11 is 6.60. The lowest BCUT2D eigenvalue weighted by Gasteiger charge is -2.38. The summed E-state index contributed by atoms with van der Waals surface area (Å²) in [5, 5.41) is 23.0. The summed E-state index contributed by atoms with van der Waals surface area (Å²) in [5.41, 5.74) is -0.216. The average Bonchev–Trinajstić information content (AvgIpc) is 2.21. The average molecular weight is 381 g/mol. The molecule has 0 saturated carbocycles. The topological polar surface area (TPSA) is 52.5 Å². The molecule has 3 nitrogen and oxygen atoms in total. The monoisotopic (exact) mass is 379 g/mol. The molecule has 0 saturated heterocycles. The first-order valence-corrected chi connectivity index (χ1v) is 7.27. The number of phenols is 1. The fourth-order valence-electron chi connectivity index (χ4n) is 1.26. The van der Waals surface area contributed by atoms with E-state index in [4.69, 9.17) is 0 Å². The number of phenolic OH excluding ortho intramolecular Hbond substituents is 1. The van der Waals surface area contributed by atoms with Crippen molar-refractivity contribution in [2.24, 2.45) is 0 Å². The fraction of sp³-hybridized carbons (Fsp3) is 0.538. The Morgan fingerprint density at radius 3 is 1.94 bits per heavy atom. The van der Waals surface area contributed by atoms with Crippen molar-refractivity contribution in [3.8, 4) is 5.75 Å². The fourth-order valence-corrected chi connectivity index (χ4v) is 2.54. The second-order valence-electron chi connectivity index (χ2n) is 5.45. The van der Waals surface area contributed by atoms with Gasteiger partial charge >= 0.3 is 0 Å². The maximum Gasteiger partial charge on any atom is 0.143 e. The zero-order valence-corrected chi connectivity index (χ0v) is 14.2. The molecule has 0 aliphatic carbocycles. The Balaban J connectivity index is 2.82. The van der Waals surface area contributed by atoms with Crippen molar-refractivity contribution in [2.75, 3.05) is 0 Å². The molecular weight excluding hydrogens is 362 g/mol. The van der Waals surface area contributed by atoms with Crippen molar-refractivity contribution >= 4 is 31.9 Å². The summed E-state index contributed by atoms with van der Waals surface area (Å²) in [7, 11) is 0. The molecule has 0 heterocycles. The van der Waals surface area contributed by atoms with E-state index in [-0.39, 0.29) is 5.75 Å². The van der Waals surface area contributed by atoms with Crippen molar-refractivity contribution in [2.45, 2.75) is 45.4 Å². The van der Waals surface area contributed by atoms with Crippen molar-refractivity contribution < 1.29 is 10.2 Å². The summed E-state index contributed by atoms with van der Waals surface area (Å²) < 4.78 is 1.30. The number of nitrogens with one attached hydrogen (secondary N) is 1. The van der Waals surface area contributed by atoms with Gasteiger partial charge in [-0.2, -0.15) is 0 Å². The lowest BCUT2D eigenvalue weighted by molar-refractivity contribution is -0.00532. The van der Waals surface area contributed by atoms with E-state index in [2.05, 4.69) is 37.2 Å². The molecule has 1 aromatic rings. The van der Waals surface area contributed by atoms with E-state index in [9.17, 15) is 10.2 Å². The quantitative estimate of drug-likeness (QED) is 0.748. The minimum atomic E-state index is -0.821. The second kappa shape index (κ2) is 5.49. The molecule has 1 aromatic carbocycles. The minimum Gasteiger partial charge on any atom is -0.506 e. The molecule has 3 N–H and O–H groups in total. The van der Waals surface area contributed by atoms with Crippen LogP contribution in [0.3, 0.4) is 0 Å². The molecule has 0 fully saturated rings. The molecule has 0 unspecified atom stereocenters. The third-order valence-electron chi connectivity index (χ3n) is 3.34. The Morgan fingerprint density at radius 1 is 1.11 bits per heavy atom. The van der Waals surface area contributed by atoms with Gasteiger partial charge in [-0.15, -0.1) is 0 Å². The lowest BCUT2D eigenvalue weighted by Crippen LogP contribution is -2.55. The van der Waals surface area contributed by atoms with E-state index in [1.807, 2.05) is 26.0 Å². The summed E-state index contributed by atoms with van der Waals surface area (Å²) in [6, 6.07) is 3.71. The number of hydrogen-bond donors (Lipinski definition) is 3. The van der Waals surface area contributed by atoms with Crippen LogP contribution in [0.2, 0.25) is 0 Å². The van der Waals surface area contributed by atoms with Gasteiger partial charge in [-0.3, -0.25) is 0 Å². The SMILES string of the molecule is CC(C)(O)C(C)(C)NCc1cc(Br)c(O)c(Br)c1. The van der Waals surface area contributed by atoms with Crippen molar-refractivity contribution in [1.29, 1.82) is 0 Å². The molecule has 18 heavy (non-hydrogen) atoms. The molecule has 0 aliphatic heterocycles. The standard InChI is InChI=1S/C13H19Br2NO2/c1-12(2,13(3,4)18)16-7-8-5-9(14)11(17)10(15)6-8/h5-6,16-18H,7H2,1-4H3. The van der Waals surface area contributed by atoms with Gasteiger partial charge in [0.25, 0.3) is 0 Å². The van der Waals surface area contributed by atoms with Gasteiger partial charge in [-0.1, -0.05) is 0 Å².